The molecular formula is C16H15BrF3N. The van der Waals surface area contributed by atoms with E-state index in [-0.39, 0.29) is 17.9 Å². The summed E-state index contributed by atoms with van der Waals surface area (Å²) in [6.45, 7) is 3.70. The van der Waals surface area contributed by atoms with E-state index in [2.05, 4.69) is 21.2 Å². The van der Waals surface area contributed by atoms with Crippen molar-refractivity contribution < 1.29 is 13.2 Å². The number of rotatable bonds is 4. The molecule has 1 nitrogen and oxygen atoms in total. The van der Waals surface area contributed by atoms with E-state index in [1.54, 1.807) is 19.1 Å². The molecule has 21 heavy (non-hydrogen) atoms. The smallest absolute Gasteiger partial charge is 0.137 e. The van der Waals surface area contributed by atoms with E-state index < -0.39 is 11.6 Å². The van der Waals surface area contributed by atoms with Gasteiger partial charge in [0.2, 0.25) is 0 Å². The maximum Gasteiger partial charge on any atom is 0.137 e. The van der Waals surface area contributed by atoms with Crippen molar-refractivity contribution in [3.05, 3.63) is 69.4 Å². The first kappa shape index (κ1) is 16.0. The van der Waals surface area contributed by atoms with Gasteiger partial charge in [-0.2, -0.15) is 0 Å². The number of benzene rings is 2. The van der Waals surface area contributed by atoms with E-state index in [1.807, 2.05) is 6.92 Å². The lowest BCUT2D eigenvalue weighted by atomic mass is 10.0. The summed E-state index contributed by atoms with van der Waals surface area (Å²) >= 11 is 3.14. The van der Waals surface area contributed by atoms with Gasteiger partial charge in [-0.15, -0.1) is 0 Å². The summed E-state index contributed by atoms with van der Waals surface area (Å²) in [5.41, 5.74) is 1.27. The fraction of sp³-hybridized carbons (Fsp3) is 0.250. The molecule has 0 saturated heterocycles. The van der Waals surface area contributed by atoms with Crippen LogP contribution in [0, 0.1) is 17.5 Å². The van der Waals surface area contributed by atoms with Crippen molar-refractivity contribution in [3.63, 3.8) is 0 Å². The number of halogens is 4. The van der Waals surface area contributed by atoms with Crippen LogP contribution in [0.3, 0.4) is 0 Å². The Morgan fingerprint density at radius 1 is 0.905 bits per heavy atom. The molecular weight excluding hydrogens is 343 g/mol. The van der Waals surface area contributed by atoms with Crippen LogP contribution >= 0.6 is 15.9 Å². The third kappa shape index (κ3) is 3.86. The van der Waals surface area contributed by atoms with Crippen molar-refractivity contribution in [1.82, 2.24) is 5.32 Å². The van der Waals surface area contributed by atoms with E-state index in [1.165, 1.54) is 18.2 Å². The average molecular weight is 358 g/mol. The molecule has 0 aliphatic carbocycles. The standard InChI is InChI=1S/C16H15BrF3N/c1-9(11-3-6-15(19)14(17)7-11)21-10(2)13-5-4-12(18)8-16(13)20/h3-10,21H,1-2H3. The Kier molecular flexibility index (Phi) is 5.06. The van der Waals surface area contributed by atoms with Gasteiger partial charge in [-0.3, -0.25) is 0 Å². The Balaban J connectivity index is 2.14. The van der Waals surface area contributed by atoms with E-state index in [4.69, 9.17) is 0 Å². The fourth-order valence-electron chi connectivity index (χ4n) is 2.20. The molecule has 2 aromatic rings. The molecule has 0 heterocycles. The Labute approximate surface area is 130 Å². The highest BCUT2D eigenvalue weighted by molar-refractivity contribution is 9.10. The van der Waals surface area contributed by atoms with Crippen molar-refractivity contribution >= 4 is 15.9 Å². The van der Waals surface area contributed by atoms with Crippen molar-refractivity contribution in [2.45, 2.75) is 25.9 Å². The first-order valence-electron chi connectivity index (χ1n) is 6.54. The molecule has 0 radical (unpaired) electrons. The normalized spacial score (nSPS) is 14.0. The van der Waals surface area contributed by atoms with Gasteiger partial charge in [0.1, 0.15) is 17.5 Å². The van der Waals surface area contributed by atoms with Crippen molar-refractivity contribution in [1.29, 1.82) is 0 Å². The fourth-order valence-corrected chi connectivity index (χ4v) is 2.59. The van der Waals surface area contributed by atoms with Crippen LogP contribution in [0.15, 0.2) is 40.9 Å². The van der Waals surface area contributed by atoms with Gasteiger partial charge in [0.05, 0.1) is 4.47 Å². The molecule has 2 atom stereocenters. The second kappa shape index (κ2) is 6.62. The average Bonchev–Trinajstić information content (AvgIpc) is 2.41. The summed E-state index contributed by atoms with van der Waals surface area (Å²) in [5.74, 6) is -1.51. The van der Waals surface area contributed by atoms with E-state index >= 15 is 0 Å². The van der Waals surface area contributed by atoms with E-state index in [0.717, 1.165) is 11.6 Å². The maximum absolute atomic E-state index is 13.7. The quantitative estimate of drug-likeness (QED) is 0.784. The lowest BCUT2D eigenvalue weighted by molar-refractivity contribution is 0.470. The van der Waals surface area contributed by atoms with Crippen LogP contribution in [0.4, 0.5) is 13.2 Å². The Hall–Kier alpha value is -1.33. The molecule has 0 saturated carbocycles. The third-order valence-electron chi connectivity index (χ3n) is 3.37. The zero-order valence-electron chi connectivity index (χ0n) is 11.6. The van der Waals surface area contributed by atoms with Crippen LogP contribution < -0.4 is 5.32 Å². The Bertz CT molecular complexity index is 645. The van der Waals surface area contributed by atoms with Crippen molar-refractivity contribution in [3.8, 4) is 0 Å². The molecule has 0 amide bonds. The van der Waals surface area contributed by atoms with Gasteiger partial charge in [-0.1, -0.05) is 12.1 Å². The number of hydrogen-bond acceptors (Lipinski definition) is 1. The van der Waals surface area contributed by atoms with Gasteiger partial charge in [-0.05, 0) is 53.5 Å². The van der Waals surface area contributed by atoms with Gasteiger partial charge in [-0.25, -0.2) is 13.2 Å². The first-order chi connectivity index (χ1) is 9.88. The van der Waals surface area contributed by atoms with Crippen LogP contribution in [0.25, 0.3) is 0 Å². The molecule has 0 fully saturated rings. The molecule has 0 aliphatic heterocycles. The predicted molar refractivity (Wildman–Crippen MR) is 80.4 cm³/mol. The lowest BCUT2D eigenvalue weighted by Gasteiger charge is -2.21. The number of hydrogen-bond donors (Lipinski definition) is 1. The second-order valence-corrected chi connectivity index (χ2v) is 5.80. The van der Waals surface area contributed by atoms with E-state index in [0.29, 0.717) is 10.0 Å². The summed E-state index contributed by atoms with van der Waals surface area (Å²) in [5, 5.41) is 3.21. The highest BCUT2D eigenvalue weighted by Gasteiger charge is 2.15. The van der Waals surface area contributed by atoms with Gasteiger partial charge in [0, 0.05) is 23.7 Å². The monoisotopic (exact) mass is 357 g/mol. The predicted octanol–water partition coefficient (Wildman–Crippen LogP) is 5.28. The van der Waals surface area contributed by atoms with Gasteiger partial charge >= 0.3 is 0 Å². The summed E-state index contributed by atoms with van der Waals surface area (Å²) in [4.78, 5) is 0. The summed E-state index contributed by atoms with van der Waals surface area (Å²) < 4.78 is 40.3. The summed E-state index contributed by atoms with van der Waals surface area (Å²) in [7, 11) is 0. The summed E-state index contributed by atoms with van der Waals surface area (Å²) in [6.07, 6.45) is 0. The van der Waals surface area contributed by atoms with Crippen LogP contribution in [-0.4, -0.2) is 0 Å². The third-order valence-corrected chi connectivity index (χ3v) is 3.98. The van der Waals surface area contributed by atoms with Crippen LogP contribution in [-0.2, 0) is 0 Å². The topological polar surface area (TPSA) is 12.0 Å². The molecule has 0 aliphatic rings. The van der Waals surface area contributed by atoms with Gasteiger partial charge in [0.15, 0.2) is 0 Å². The highest BCUT2D eigenvalue weighted by Crippen LogP contribution is 2.25. The van der Waals surface area contributed by atoms with E-state index in [9.17, 15) is 13.2 Å². The van der Waals surface area contributed by atoms with Gasteiger partial charge < -0.3 is 5.32 Å². The minimum absolute atomic E-state index is 0.110. The first-order valence-corrected chi connectivity index (χ1v) is 7.33. The molecule has 5 heteroatoms. The summed E-state index contributed by atoms with van der Waals surface area (Å²) in [6, 6.07) is 7.84. The molecule has 2 aromatic carbocycles. The lowest BCUT2D eigenvalue weighted by Crippen LogP contribution is -2.23. The SMILES string of the molecule is CC(NC(C)c1ccc(F)cc1F)c1ccc(F)c(Br)c1. The number of nitrogens with one attached hydrogen (secondary N) is 1. The van der Waals surface area contributed by atoms with Crippen LogP contribution in [0.2, 0.25) is 0 Å². The minimum atomic E-state index is -0.598. The van der Waals surface area contributed by atoms with Crippen molar-refractivity contribution in [2.24, 2.45) is 0 Å². The minimum Gasteiger partial charge on any atom is -0.304 e. The molecule has 0 spiro atoms. The van der Waals surface area contributed by atoms with Crippen LogP contribution in [0.5, 0.6) is 0 Å². The maximum atomic E-state index is 13.7. The molecule has 2 rings (SSSR count). The zero-order valence-corrected chi connectivity index (χ0v) is 13.2. The van der Waals surface area contributed by atoms with Crippen molar-refractivity contribution in [2.75, 3.05) is 0 Å². The molecule has 112 valence electrons. The molecule has 0 aromatic heterocycles. The molecule has 0 bridgehead atoms. The molecule has 2 unspecified atom stereocenters. The Morgan fingerprint density at radius 2 is 1.62 bits per heavy atom. The zero-order chi connectivity index (χ0) is 15.6. The van der Waals surface area contributed by atoms with Crippen LogP contribution in [0.1, 0.15) is 37.1 Å². The second-order valence-electron chi connectivity index (χ2n) is 4.95. The van der Waals surface area contributed by atoms with Gasteiger partial charge in [0.25, 0.3) is 0 Å². The highest BCUT2D eigenvalue weighted by atomic mass is 79.9. The largest absolute Gasteiger partial charge is 0.304 e. The Morgan fingerprint density at radius 3 is 2.24 bits per heavy atom. The molecule has 1 N–H and O–H groups in total.